The summed E-state index contributed by atoms with van der Waals surface area (Å²) in [5.41, 5.74) is 0. The van der Waals surface area contributed by atoms with E-state index >= 15 is 0 Å². The van der Waals surface area contributed by atoms with E-state index in [9.17, 15) is 18.3 Å². The fourth-order valence-electron chi connectivity index (χ4n) is 3.73. The maximum absolute atomic E-state index is 13.2. The molecule has 1 N–H and O–H groups in total. The van der Waals surface area contributed by atoms with Crippen molar-refractivity contribution in [2.24, 2.45) is 5.92 Å². The van der Waals surface area contributed by atoms with Gasteiger partial charge in [0.15, 0.2) is 0 Å². The van der Waals surface area contributed by atoms with Crippen LogP contribution < -0.4 is 0 Å². The van der Waals surface area contributed by atoms with Crippen molar-refractivity contribution < 1.29 is 18.3 Å². The van der Waals surface area contributed by atoms with Crippen LogP contribution in [0.4, 0.5) is 0 Å². The minimum absolute atomic E-state index is 0.151. The summed E-state index contributed by atoms with van der Waals surface area (Å²) in [5.74, 6) is -0.816. The monoisotopic (exact) mass is 395 g/mol. The molecule has 1 aromatic carbocycles. The summed E-state index contributed by atoms with van der Waals surface area (Å²) in [6, 6.07) is 8.18. The van der Waals surface area contributed by atoms with E-state index in [1.807, 2.05) is 0 Å². The zero-order chi connectivity index (χ0) is 19.7. The minimum Gasteiger partial charge on any atom is -0.393 e. The van der Waals surface area contributed by atoms with Crippen molar-refractivity contribution in [3.63, 3.8) is 0 Å². The molecular weight excluding hydrogens is 362 g/mol. The molecule has 0 bridgehead atoms. The molecular formula is C21H33NO4S. The van der Waals surface area contributed by atoms with Gasteiger partial charge in [0.1, 0.15) is 0 Å². The van der Waals surface area contributed by atoms with Gasteiger partial charge in [0.25, 0.3) is 10.0 Å². The molecule has 6 heteroatoms. The number of carbonyl (C=O) groups is 1. The van der Waals surface area contributed by atoms with Gasteiger partial charge >= 0.3 is 0 Å². The highest BCUT2D eigenvalue weighted by atomic mass is 32.2. The Labute approximate surface area is 163 Å². The predicted octanol–water partition coefficient (Wildman–Crippen LogP) is 4.12. The lowest BCUT2D eigenvalue weighted by Gasteiger charge is -2.27. The van der Waals surface area contributed by atoms with E-state index in [4.69, 9.17) is 0 Å². The van der Waals surface area contributed by atoms with Crippen molar-refractivity contribution in [2.45, 2.75) is 82.1 Å². The largest absolute Gasteiger partial charge is 0.393 e. The number of carbonyl (C=O) groups excluding carboxylic acids is 1. The third-order valence-electron chi connectivity index (χ3n) is 5.22. The average molecular weight is 396 g/mol. The molecule has 1 amide bonds. The Bertz CT molecular complexity index is 673. The summed E-state index contributed by atoms with van der Waals surface area (Å²) in [6.45, 7) is 1.87. The van der Waals surface area contributed by atoms with Crippen LogP contribution in [0, 0.1) is 5.92 Å². The number of hydrogen-bond donors (Lipinski definition) is 1. The number of rotatable bonds is 4. The van der Waals surface area contributed by atoms with Crippen LogP contribution in [-0.2, 0) is 14.8 Å². The van der Waals surface area contributed by atoms with E-state index in [-0.39, 0.29) is 17.3 Å². The second-order valence-corrected chi connectivity index (χ2v) is 9.49. The van der Waals surface area contributed by atoms with Gasteiger partial charge in [0, 0.05) is 12.5 Å². The molecule has 152 valence electrons. The molecule has 2 rings (SSSR count). The quantitative estimate of drug-likeness (QED) is 0.832. The SMILES string of the molecule is CC(O)CC1CCCCCCCCCCN(S(=O)(=O)c2ccccc2)C1=O. The van der Waals surface area contributed by atoms with Crippen molar-refractivity contribution >= 4 is 15.9 Å². The van der Waals surface area contributed by atoms with Crippen molar-refractivity contribution in [3.05, 3.63) is 30.3 Å². The van der Waals surface area contributed by atoms with Gasteiger partial charge in [-0.3, -0.25) is 4.79 Å². The number of hydrogen-bond acceptors (Lipinski definition) is 4. The van der Waals surface area contributed by atoms with Gasteiger partial charge in [0.05, 0.1) is 11.0 Å². The van der Waals surface area contributed by atoms with Gasteiger partial charge < -0.3 is 5.11 Å². The summed E-state index contributed by atoms with van der Waals surface area (Å²) < 4.78 is 27.4. The van der Waals surface area contributed by atoms with Crippen molar-refractivity contribution in [1.29, 1.82) is 0 Å². The van der Waals surface area contributed by atoms with E-state index in [0.717, 1.165) is 42.8 Å². The van der Waals surface area contributed by atoms with Gasteiger partial charge in [-0.15, -0.1) is 0 Å². The van der Waals surface area contributed by atoms with Crippen LogP contribution in [0.3, 0.4) is 0 Å². The first-order valence-electron chi connectivity index (χ1n) is 10.2. The minimum atomic E-state index is -3.88. The molecule has 27 heavy (non-hydrogen) atoms. The zero-order valence-electron chi connectivity index (χ0n) is 16.3. The predicted molar refractivity (Wildman–Crippen MR) is 107 cm³/mol. The topological polar surface area (TPSA) is 74.7 Å². The molecule has 2 atom stereocenters. The van der Waals surface area contributed by atoms with E-state index in [1.54, 1.807) is 25.1 Å². The number of aliphatic hydroxyl groups is 1. The van der Waals surface area contributed by atoms with Gasteiger partial charge in [0.2, 0.25) is 5.91 Å². The fourth-order valence-corrected chi connectivity index (χ4v) is 5.24. The van der Waals surface area contributed by atoms with Crippen LogP contribution in [0.25, 0.3) is 0 Å². The number of sulfonamides is 1. The summed E-state index contributed by atoms with van der Waals surface area (Å²) in [4.78, 5) is 13.4. The Morgan fingerprint density at radius 1 is 1.00 bits per heavy atom. The second kappa shape index (κ2) is 10.8. The Hall–Kier alpha value is -1.40. The Morgan fingerprint density at radius 2 is 1.56 bits per heavy atom. The van der Waals surface area contributed by atoms with Gasteiger partial charge in [-0.1, -0.05) is 63.1 Å². The van der Waals surface area contributed by atoms with Gasteiger partial charge in [-0.05, 0) is 38.3 Å². The Kier molecular flexibility index (Phi) is 8.77. The third-order valence-corrected chi connectivity index (χ3v) is 7.03. The van der Waals surface area contributed by atoms with E-state index in [1.165, 1.54) is 18.6 Å². The summed E-state index contributed by atoms with van der Waals surface area (Å²) in [6.07, 6.45) is 8.44. The second-order valence-electron chi connectivity index (χ2n) is 7.63. The molecule has 1 heterocycles. The smallest absolute Gasteiger partial charge is 0.266 e. The molecule has 1 aliphatic rings. The highest BCUT2D eigenvalue weighted by molar-refractivity contribution is 7.89. The summed E-state index contributed by atoms with van der Waals surface area (Å²) >= 11 is 0. The molecule has 5 nitrogen and oxygen atoms in total. The highest BCUT2D eigenvalue weighted by Crippen LogP contribution is 2.25. The zero-order valence-corrected chi connectivity index (χ0v) is 17.2. The first-order chi connectivity index (χ1) is 12.9. The normalized spacial score (nSPS) is 22.4. The standard InChI is InChI=1S/C21H33NO4S/c1-18(23)17-19-13-9-6-4-2-3-5-7-12-16-22(21(19)24)27(25,26)20-14-10-8-11-15-20/h8,10-11,14-15,18-19,23H,2-7,9,12-13,16-17H2,1H3. The van der Waals surface area contributed by atoms with Crippen LogP contribution in [0.5, 0.6) is 0 Å². The number of benzene rings is 1. The third kappa shape index (κ3) is 6.61. The van der Waals surface area contributed by atoms with E-state index in [0.29, 0.717) is 19.3 Å². The van der Waals surface area contributed by atoms with Crippen LogP contribution >= 0.6 is 0 Å². The summed E-state index contributed by atoms with van der Waals surface area (Å²) in [7, 11) is -3.88. The molecule has 0 aliphatic carbocycles. The molecule has 0 aromatic heterocycles. The molecule has 1 fully saturated rings. The Balaban J connectivity index is 2.30. The lowest BCUT2D eigenvalue weighted by Crippen LogP contribution is -2.42. The molecule has 2 unspecified atom stereocenters. The molecule has 0 saturated carbocycles. The lowest BCUT2D eigenvalue weighted by atomic mass is 9.94. The van der Waals surface area contributed by atoms with Crippen molar-refractivity contribution in [3.8, 4) is 0 Å². The first-order valence-corrected chi connectivity index (χ1v) is 11.7. The van der Waals surface area contributed by atoms with Crippen molar-refractivity contribution in [2.75, 3.05) is 6.54 Å². The number of nitrogens with zero attached hydrogens (tertiary/aromatic N) is 1. The van der Waals surface area contributed by atoms with Gasteiger partial charge in [-0.2, -0.15) is 0 Å². The molecule has 1 saturated heterocycles. The molecule has 1 aliphatic heterocycles. The number of amides is 1. The molecule has 0 spiro atoms. The first kappa shape index (κ1) is 21.9. The summed E-state index contributed by atoms with van der Waals surface area (Å²) in [5, 5.41) is 9.84. The highest BCUT2D eigenvalue weighted by Gasteiger charge is 2.33. The molecule has 0 radical (unpaired) electrons. The number of aliphatic hydroxyl groups excluding tert-OH is 1. The van der Waals surface area contributed by atoms with Crippen LogP contribution in [0.1, 0.15) is 71.1 Å². The lowest BCUT2D eigenvalue weighted by molar-refractivity contribution is -0.132. The fraction of sp³-hybridized carbons (Fsp3) is 0.667. The van der Waals surface area contributed by atoms with Gasteiger partial charge in [-0.25, -0.2) is 12.7 Å². The average Bonchev–Trinajstić information content (AvgIpc) is 2.66. The Morgan fingerprint density at radius 3 is 2.15 bits per heavy atom. The molecule has 1 aromatic rings. The van der Waals surface area contributed by atoms with Crippen LogP contribution in [0.2, 0.25) is 0 Å². The van der Waals surface area contributed by atoms with Crippen LogP contribution in [0.15, 0.2) is 35.2 Å². The van der Waals surface area contributed by atoms with Crippen molar-refractivity contribution in [1.82, 2.24) is 4.31 Å². The maximum atomic E-state index is 13.2. The maximum Gasteiger partial charge on any atom is 0.266 e. The van der Waals surface area contributed by atoms with E-state index < -0.39 is 22.0 Å². The van der Waals surface area contributed by atoms with E-state index in [2.05, 4.69) is 0 Å². The van der Waals surface area contributed by atoms with Crippen LogP contribution in [-0.4, -0.2) is 36.4 Å².